The Balaban J connectivity index is 2.80. The molecule has 0 saturated heterocycles. The van der Waals surface area contributed by atoms with Crippen molar-refractivity contribution in [3.63, 3.8) is 0 Å². The molecule has 1 rings (SSSR count). The third kappa shape index (κ3) is 4.70. The Kier molecular flexibility index (Phi) is 4.79. The van der Waals surface area contributed by atoms with Crippen molar-refractivity contribution in [2.24, 2.45) is 0 Å². The summed E-state index contributed by atoms with van der Waals surface area (Å²) >= 11 is 3.03. The number of rotatable bonds is 3. The SMILES string of the molecule is CC(Oc1cc(F)c(Br)cc1N)C(=O)NC(C)(C)C. The molecule has 0 aliphatic carbocycles. The molecule has 19 heavy (non-hydrogen) atoms. The fourth-order valence-corrected chi connectivity index (χ4v) is 1.72. The number of amides is 1. The lowest BCUT2D eigenvalue weighted by atomic mass is 10.1. The van der Waals surface area contributed by atoms with Gasteiger partial charge >= 0.3 is 0 Å². The van der Waals surface area contributed by atoms with E-state index in [1.54, 1.807) is 6.92 Å². The molecule has 0 aliphatic heterocycles. The molecule has 0 spiro atoms. The van der Waals surface area contributed by atoms with Crippen molar-refractivity contribution in [3.05, 3.63) is 22.4 Å². The third-order valence-electron chi connectivity index (χ3n) is 2.22. The molecule has 3 N–H and O–H groups in total. The lowest BCUT2D eigenvalue weighted by molar-refractivity contribution is -0.128. The summed E-state index contributed by atoms with van der Waals surface area (Å²) in [4.78, 5) is 11.8. The number of nitrogens with one attached hydrogen (secondary N) is 1. The van der Waals surface area contributed by atoms with Crippen molar-refractivity contribution in [1.82, 2.24) is 5.32 Å². The van der Waals surface area contributed by atoms with Gasteiger partial charge in [0.15, 0.2) is 6.10 Å². The van der Waals surface area contributed by atoms with E-state index < -0.39 is 11.9 Å². The number of carbonyl (C=O) groups is 1. The van der Waals surface area contributed by atoms with Gasteiger partial charge in [-0.05, 0) is 49.7 Å². The van der Waals surface area contributed by atoms with Crippen LogP contribution in [0.5, 0.6) is 5.75 Å². The molecule has 0 saturated carbocycles. The zero-order valence-corrected chi connectivity index (χ0v) is 13.0. The van der Waals surface area contributed by atoms with Gasteiger partial charge in [0, 0.05) is 11.6 Å². The van der Waals surface area contributed by atoms with Crippen LogP contribution in [-0.4, -0.2) is 17.6 Å². The number of nitrogen functional groups attached to an aromatic ring is 1. The van der Waals surface area contributed by atoms with Gasteiger partial charge in [0.1, 0.15) is 11.6 Å². The Labute approximate surface area is 120 Å². The molecule has 0 aromatic heterocycles. The van der Waals surface area contributed by atoms with Gasteiger partial charge in [-0.3, -0.25) is 4.79 Å². The molecule has 1 aromatic carbocycles. The van der Waals surface area contributed by atoms with Crippen LogP contribution in [0.25, 0.3) is 0 Å². The van der Waals surface area contributed by atoms with Gasteiger partial charge in [0.25, 0.3) is 5.91 Å². The molecule has 0 aliphatic rings. The van der Waals surface area contributed by atoms with Crippen molar-refractivity contribution in [2.45, 2.75) is 39.3 Å². The zero-order valence-electron chi connectivity index (χ0n) is 11.4. The Morgan fingerprint density at radius 2 is 2.05 bits per heavy atom. The highest BCUT2D eigenvalue weighted by molar-refractivity contribution is 9.10. The van der Waals surface area contributed by atoms with E-state index in [0.29, 0.717) is 0 Å². The number of anilines is 1. The van der Waals surface area contributed by atoms with Gasteiger partial charge in [0.2, 0.25) is 0 Å². The first kappa shape index (κ1) is 15.8. The molecule has 0 heterocycles. The van der Waals surface area contributed by atoms with Crippen LogP contribution >= 0.6 is 15.9 Å². The minimum Gasteiger partial charge on any atom is -0.479 e. The second-order valence-corrected chi connectivity index (χ2v) is 6.16. The van der Waals surface area contributed by atoms with Gasteiger partial charge in [-0.15, -0.1) is 0 Å². The first-order chi connectivity index (χ1) is 8.60. The number of hydrogen-bond acceptors (Lipinski definition) is 3. The predicted octanol–water partition coefficient (Wildman–Crippen LogP) is 2.85. The van der Waals surface area contributed by atoms with Crippen LogP contribution < -0.4 is 15.8 Å². The number of carbonyl (C=O) groups excluding carboxylic acids is 1. The van der Waals surface area contributed by atoms with Crippen LogP contribution in [0.1, 0.15) is 27.7 Å². The maximum absolute atomic E-state index is 13.4. The summed E-state index contributed by atoms with van der Waals surface area (Å²) in [5.74, 6) is -0.625. The maximum atomic E-state index is 13.4. The molecule has 0 fully saturated rings. The first-order valence-corrected chi connectivity index (χ1v) is 6.62. The molecule has 4 nitrogen and oxygen atoms in total. The van der Waals surface area contributed by atoms with E-state index in [9.17, 15) is 9.18 Å². The molecule has 0 bridgehead atoms. The van der Waals surface area contributed by atoms with Gasteiger partial charge in [-0.2, -0.15) is 0 Å². The van der Waals surface area contributed by atoms with E-state index in [0.717, 1.165) is 6.07 Å². The van der Waals surface area contributed by atoms with Gasteiger partial charge in [-0.1, -0.05) is 0 Å². The smallest absolute Gasteiger partial charge is 0.261 e. The fourth-order valence-electron chi connectivity index (χ4n) is 1.36. The Bertz CT molecular complexity index is 486. The minimum absolute atomic E-state index is 0.150. The van der Waals surface area contributed by atoms with Crippen LogP contribution in [-0.2, 0) is 4.79 Å². The number of halogens is 2. The molecule has 1 atom stereocenters. The Hall–Kier alpha value is -1.30. The standard InChI is InChI=1S/C13H18BrFN2O2/c1-7(12(18)17-13(2,3)4)19-11-6-9(15)8(14)5-10(11)16/h5-7H,16H2,1-4H3,(H,17,18). The van der Waals surface area contributed by atoms with E-state index >= 15 is 0 Å². The normalized spacial score (nSPS) is 12.9. The van der Waals surface area contributed by atoms with Crippen LogP contribution in [0.3, 0.4) is 0 Å². The van der Waals surface area contributed by atoms with Crippen molar-refractivity contribution in [3.8, 4) is 5.75 Å². The van der Waals surface area contributed by atoms with Crippen LogP contribution in [0.15, 0.2) is 16.6 Å². The summed E-state index contributed by atoms with van der Waals surface area (Å²) < 4.78 is 19.0. The van der Waals surface area contributed by atoms with E-state index in [1.165, 1.54) is 6.07 Å². The lowest BCUT2D eigenvalue weighted by Crippen LogP contribution is -2.46. The molecule has 1 amide bonds. The second-order valence-electron chi connectivity index (χ2n) is 5.30. The zero-order chi connectivity index (χ0) is 14.8. The van der Waals surface area contributed by atoms with Gasteiger partial charge in [-0.25, -0.2) is 4.39 Å². The number of hydrogen-bond donors (Lipinski definition) is 2. The van der Waals surface area contributed by atoms with E-state index in [-0.39, 0.29) is 27.4 Å². The first-order valence-electron chi connectivity index (χ1n) is 5.83. The number of benzene rings is 1. The molecule has 0 radical (unpaired) electrons. The topological polar surface area (TPSA) is 64.3 Å². The van der Waals surface area contributed by atoms with Crippen LogP contribution in [0, 0.1) is 5.82 Å². The summed E-state index contributed by atoms with van der Waals surface area (Å²) in [5, 5.41) is 2.78. The average molecular weight is 333 g/mol. The predicted molar refractivity (Wildman–Crippen MR) is 76.5 cm³/mol. The van der Waals surface area contributed by atoms with Crippen LogP contribution in [0.2, 0.25) is 0 Å². The van der Waals surface area contributed by atoms with E-state index in [1.807, 2.05) is 20.8 Å². The van der Waals surface area contributed by atoms with Crippen molar-refractivity contribution < 1.29 is 13.9 Å². The van der Waals surface area contributed by atoms with Crippen molar-refractivity contribution in [2.75, 3.05) is 5.73 Å². The summed E-state index contributed by atoms with van der Waals surface area (Å²) in [7, 11) is 0. The fraction of sp³-hybridized carbons (Fsp3) is 0.462. The van der Waals surface area contributed by atoms with E-state index in [4.69, 9.17) is 10.5 Å². The lowest BCUT2D eigenvalue weighted by Gasteiger charge is -2.24. The summed E-state index contributed by atoms with van der Waals surface area (Å²) in [6.07, 6.45) is -0.762. The summed E-state index contributed by atoms with van der Waals surface area (Å²) in [6, 6.07) is 2.55. The molecule has 1 aromatic rings. The van der Waals surface area contributed by atoms with Crippen molar-refractivity contribution >= 4 is 27.5 Å². The largest absolute Gasteiger partial charge is 0.479 e. The number of nitrogens with two attached hydrogens (primary N) is 1. The summed E-state index contributed by atoms with van der Waals surface area (Å²) in [6.45, 7) is 7.18. The highest BCUT2D eigenvalue weighted by Crippen LogP contribution is 2.29. The second kappa shape index (κ2) is 5.77. The quantitative estimate of drug-likeness (QED) is 0.836. The molecule has 106 valence electrons. The molecule has 1 unspecified atom stereocenters. The van der Waals surface area contributed by atoms with Crippen LogP contribution in [0.4, 0.5) is 10.1 Å². The average Bonchev–Trinajstić information content (AvgIpc) is 2.23. The summed E-state index contributed by atoms with van der Waals surface area (Å²) in [5.41, 5.74) is 5.62. The van der Waals surface area contributed by atoms with Crippen molar-refractivity contribution in [1.29, 1.82) is 0 Å². The number of ether oxygens (including phenoxy) is 1. The monoisotopic (exact) mass is 332 g/mol. The Morgan fingerprint density at radius 1 is 1.47 bits per heavy atom. The van der Waals surface area contributed by atoms with Gasteiger partial charge < -0.3 is 15.8 Å². The van der Waals surface area contributed by atoms with E-state index in [2.05, 4.69) is 21.2 Å². The molecular weight excluding hydrogens is 315 g/mol. The molecular formula is C13H18BrFN2O2. The molecule has 6 heteroatoms. The highest BCUT2D eigenvalue weighted by atomic mass is 79.9. The Morgan fingerprint density at radius 3 is 2.58 bits per heavy atom. The third-order valence-corrected chi connectivity index (χ3v) is 2.83. The highest BCUT2D eigenvalue weighted by Gasteiger charge is 2.21. The minimum atomic E-state index is -0.762. The van der Waals surface area contributed by atoms with Gasteiger partial charge in [0.05, 0.1) is 10.2 Å². The maximum Gasteiger partial charge on any atom is 0.261 e.